The van der Waals surface area contributed by atoms with Crippen molar-refractivity contribution in [2.45, 2.75) is 51.1 Å². The summed E-state index contributed by atoms with van der Waals surface area (Å²) in [6.07, 6.45) is 3.72. The van der Waals surface area contributed by atoms with Crippen molar-refractivity contribution in [1.82, 2.24) is 15.5 Å². The lowest BCUT2D eigenvalue weighted by Crippen LogP contribution is -2.53. The SMILES string of the molecule is CC(=O)NC(Cc1ccc(F)cc1)C(=O)NC1CCN(C(=O)C2CC2)CC1. The quantitative estimate of drug-likeness (QED) is 0.789. The van der Waals surface area contributed by atoms with Gasteiger partial charge in [-0.05, 0) is 43.4 Å². The molecule has 1 saturated carbocycles. The van der Waals surface area contributed by atoms with Crippen LogP contribution in [0.3, 0.4) is 0 Å². The highest BCUT2D eigenvalue weighted by Crippen LogP contribution is 2.31. The second kappa shape index (κ2) is 8.50. The molecule has 3 amide bonds. The number of piperidine rings is 1. The Bertz CT molecular complexity index is 695. The lowest BCUT2D eigenvalue weighted by atomic mass is 10.0. The van der Waals surface area contributed by atoms with Crippen LogP contribution in [-0.4, -0.2) is 47.8 Å². The molecule has 1 aliphatic carbocycles. The Morgan fingerprint density at radius 1 is 1.11 bits per heavy atom. The molecule has 1 aromatic rings. The summed E-state index contributed by atoms with van der Waals surface area (Å²) < 4.78 is 13.1. The van der Waals surface area contributed by atoms with Crippen LogP contribution in [0.15, 0.2) is 24.3 Å². The van der Waals surface area contributed by atoms with E-state index < -0.39 is 6.04 Å². The van der Waals surface area contributed by atoms with Crippen molar-refractivity contribution in [1.29, 1.82) is 0 Å². The van der Waals surface area contributed by atoms with Crippen molar-refractivity contribution in [3.63, 3.8) is 0 Å². The first-order chi connectivity index (χ1) is 12.9. The molecule has 2 fully saturated rings. The van der Waals surface area contributed by atoms with Crippen molar-refractivity contribution < 1.29 is 18.8 Å². The third-order valence-corrected chi connectivity index (χ3v) is 5.13. The van der Waals surface area contributed by atoms with E-state index in [-0.39, 0.29) is 35.5 Å². The minimum Gasteiger partial charge on any atom is -0.351 e. The first kappa shape index (κ1) is 19.3. The molecule has 2 aliphatic rings. The molecule has 146 valence electrons. The van der Waals surface area contributed by atoms with Crippen molar-refractivity contribution in [2.24, 2.45) is 5.92 Å². The monoisotopic (exact) mass is 375 g/mol. The Hall–Kier alpha value is -2.44. The summed E-state index contributed by atoms with van der Waals surface area (Å²) in [6, 6.07) is 5.18. The van der Waals surface area contributed by atoms with E-state index in [0.717, 1.165) is 18.4 Å². The van der Waals surface area contributed by atoms with Crippen molar-refractivity contribution >= 4 is 17.7 Å². The van der Waals surface area contributed by atoms with Gasteiger partial charge >= 0.3 is 0 Å². The number of nitrogens with zero attached hydrogens (tertiary/aromatic N) is 1. The third-order valence-electron chi connectivity index (χ3n) is 5.13. The van der Waals surface area contributed by atoms with Crippen LogP contribution in [0.4, 0.5) is 4.39 Å². The first-order valence-corrected chi connectivity index (χ1v) is 9.53. The van der Waals surface area contributed by atoms with Gasteiger partial charge in [-0.15, -0.1) is 0 Å². The molecule has 1 unspecified atom stereocenters. The maximum Gasteiger partial charge on any atom is 0.243 e. The fraction of sp³-hybridized carbons (Fsp3) is 0.550. The number of benzene rings is 1. The molecule has 1 saturated heterocycles. The standard InChI is InChI=1S/C20H26FN3O3/c1-13(25)22-18(12-14-2-6-16(21)7-3-14)19(26)23-17-8-10-24(11-9-17)20(27)15-4-5-15/h2-3,6-7,15,17-18H,4-5,8-12H2,1H3,(H,22,25)(H,23,26). The van der Waals surface area contributed by atoms with E-state index in [4.69, 9.17) is 0 Å². The summed E-state index contributed by atoms with van der Waals surface area (Å²) in [4.78, 5) is 38.2. The molecule has 27 heavy (non-hydrogen) atoms. The normalized spacial score (nSPS) is 18.7. The van der Waals surface area contributed by atoms with Gasteiger partial charge in [0.2, 0.25) is 17.7 Å². The van der Waals surface area contributed by atoms with Crippen LogP contribution in [0.25, 0.3) is 0 Å². The number of hydrogen-bond donors (Lipinski definition) is 2. The van der Waals surface area contributed by atoms with Crippen LogP contribution >= 0.6 is 0 Å². The number of amides is 3. The summed E-state index contributed by atoms with van der Waals surface area (Å²) in [7, 11) is 0. The fourth-order valence-corrected chi connectivity index (χ4v) is 3.45. The highest BCUT2D eigenvalue weighted by molar-refractivity contribution is 5.87. The highest BCUT2D eigenvalue weighted by Gasteiger charge is 2.35. The molecule has 1 aliphatic heterocycles. The molecule has 0 radical (unpaired) electrons. The van der Waals surface area contributed by atoms with E-state index in [1.165, 1.54) is 19.1 Å². The Labute approximate surface area is 158 Å². The lowest BCUT2D eigenvalue weighted by Gasteiger charge is -2.33. The second-order valence-corrected chi connectivity index (χ2v) is 7.47. The average molecular weight is 375 g/mol. The molecule has 3 rings (SSSR count). The van der Waals surface area contributed by atoms with Crippen LogP contribution in [0, 0.1) is 11.7 Å². The van der Waals surface area contributed by atoms with Crippen LogP contribution in [-0.2, 0) is 20.8 Å². The van der Waals surface area contributed by atoms with Gasteiger partial charge < -0.3 is 15.5 Å². The number of carbonyl (C=O) groups excluding carboxylic acids is 3. The minimum atomic E-state index is -0.709. The van der Waals surface area contributed by atoms with Gasteiger partial charge in [0.05, 0.1) is 0 Å². The van der Waals surface area contributed by atoms with Gasteiger partial charge in [-0.3, -0.25) is 14.4 Å². The molecule has 0 bridgehead atoms. The Morgan fingerprint density at radius 2 is 1.74 bits per heavy atom. The first-order valence-electron chi connectivity index (χ1n) is 9.53. The fourth-order valence-electron chi connectivity index (χ4n) is 3.45. The average Bonchev–Trinajstić information content (AvgIpc) is 3.48. The summed E-state index contributed by atoms with van der Waals surface area (Å²) >= 11 is 0. The van der Waals surface area contributed by atoms with Gasteiger partial charge in [0.15, 0.2) is 0 Å². The van der Waals surface area contributed by atoms with Crippen molar-refractivity contribution in [3.8, 4) is 0 Å². The summed E-state index contributed by atoms with van der Waals surface area (Å²) in [6.45, 7) is 2.68. The maximum atomic E-state index is 13.1. The highest BCUT2D eigenvalue weighted by atomic mass is 19.1. The van der Waals surface area contributed by atoms with Crippen LogP contribution in [0.1, 0.15) is 38.2 Å². The number of rotatable bonds is 6. The smallest absolute Gasteiger partial charge is 0.243 e. The van der Waals surface area contributed by atoms with Gasteiger partial charge in [-0.25, -0.2) is 4.39 Å². The number of hydrogen-bond acceptors (Lipinski definition) is 3. The van der Waals surface area contributed by atoms with E-state index in [1.807, 2.05) is 4.90 Å². The maximum absolute atomic E-state index is 13.1. The Balaban J connectivity index is 1.53. The predicted molar refractivity (Wildman–Crippen MR) is 98.2 cm³/mol. The van der Waals surface area contributed by atoms with Gasteiger partial charge in [0, 0.05) is 38.4 Å². The van der Waals surface area contributed by atoms with Gasteiger partial charge in [0.1, 0.15) is 11.9 Å². The molecule has 1 aromatic carbocycles. The van der Waals surface area contributed by atoms with Crippen molar-refractivity contribution in [2.75, 3.05) is 13.1 Å². The van der Waals surface area contributed by atoms with Crippen LogP contribution in [0.2, 0.25) is 0 Å². The molecular formula is C20H26FN3O3. The topological polar surface area (TPSA) is 78.5 Å². The van der Waals surface area contributed by atoms with E-state index in [9.17, 15) is 18.8 Å². The third kappa shape index (κ3) is 5.52. The van der Waals surface area contributed by atoms with Gasteiger partial charge in [0.25, 0.3) is 0 Å². The van der Waals surface area contributed by atoms with E-state index in [1.54, 1.807) is 12.1 Å². The van der Waals surface area contributed by atoms with Crippen LogP contribution < -0.4 is 10.6 Å². The molecule has 1 heterocycles. The Kier molecular flexibility index (Phi) is 6.08. The number of halogens is 1. The number of nitrogens with one attached hydrogen (secondary N) is 2. The molecular weight excluding hydrogens is 349 g/mol. The predicted octanol–water partition coefficient (Wildman–Crippen LogP) is 1.39. The largest absolute Gasteiger partial charge is 0.351 e. The lowest BCUT2D eigenvalue weighted by molar-refractivity contribution is -0.134. The summed E-state index contributed by atoms with van der Waals surface area (Å²) in [5.41, 5.74) is 0.773. The number of likely N-dealkylation sites (tertiary alicyclic amines) is 1. The van der Waals surface area contributed by atoms with E-state index in [2.05, 4.69) is 10.6 Å². The molecule has 0 spiro atoms. The zero-order valence-electron chi connectivity index (χ0n) is 15.5. The molecule has 2 N–H and O–H groups in total. The van der Waals surface area contributed by atoms with Crippen LogP contribution in [0.5, 0.6) is 0 Å². The minimum absolute atomic E-state index is 0.00905. The second-order valence-electron chi connectivity index (χ2n) is 7.47. The van der Waals surface area contributed by atoms with Gasteiger partial charge in [-0.1, -0.05) is 12.1 Å². The summed E-state index contributed by atoms with van der Waals surface area (Å²) in [5, 5.41) is 5.67. The molecule has 6 nitrogen and oxygen atoms in total. The zero-order chi connectivity index (χ0) is 19.4. The van der Waals surface area contributed by atoms with E-state index >= 15 is 0 Å². The Morgan fingerprint density at radius 3 is 2.30 bits per heavy atom. The molecule has 0 aromatic heterocycles. The zero-order valence-corrected chi connectivity index (χ0v) is 15.5. The van der Waals surface area contributed by atoms with E-state index in [0.29, 0.717) is 32.4 Å². The summed E-state index contributed by atoms with van der Waals surface area (Å²) in [5.74, 6) is -0.418. The van der Waals surface area contributed by atoms with Crippen molar-refractivity contribution in [3.05, 3.63) is 35.6 Å². The number of carbonyl (C=O) groups is 3. The molecule has 7 heteroatoms. The van der Waals surface area contributed by atoms with Gasteiger partial charge in [-0.2, -0.15) is 0 Å². The molecule has 1 atom stereocenters.